The van der Waals surface area contributed by atoms with Crippen molar-refractivity contribution in [2.75, 3.05) is 5.32 Å². The second kappa shape index (κ2) is 5.16. The summed E-state index contributed by atoms with van der Waals surface area (Å²) < 4.78 is 6.00. The summed E-state index contributed by atoms with van der Waals surface area (Å²) >= 11 is 3.23. The maximum absolute atomic E-state index is 10.6. The molecule has 8 nitrogen and oxygen atoms in total. The number of nitrogens with one attached hydrogen (secondary N) is 1. The molecule has 0 aromatic carbocycles. The van der Waals surface area contributed by atoms with Crippen LogP contribution in [0.2, 0.25) is 0 Å². The van der Waals surface area contributed by atoms with Gasteiger partial charge in [-0.1, -0.05) is 0 Å². The molecule has 2 heterocycles. The largest absolute Gasteiger partial charge is 0.423 e. The predicted molar refractivity (Wildman–Crippen MR) is 72.2 cm³/mol. The molecular formula is C11H10BrN5O3. The molecule has 0 spiro atoms. The maximum Gasteiger partial charge on any atom is 0.288 e. The fourth-order valence-corrected chi connectivity index (χ4v) is 2.13. The van der Waals surface area contributed by atoms with Gasteiger partial charge in [0.15, 0.2) is 0 Å². The number of halogens is 1. The summed E-state index contributed by atoms with van der Waals surface area (Å²) in [4.78, 5) is 14.1. The van der Waals surface area contributed by atoms with Gasteiger partial charge in [0.25, 0.3) is 5.69 Å². The molecule has 0 atom stereocenters. The molecule has 2 aromatic heterocycles. The Bertz CT molecular complexity index is 655. The molecule has 1 aliphatic carbocycles. The number of pyridine rings is 1. The van der Waals surface area contributed by atoms with E-state index in [0.29, 0.717) is 34.5 Å². The average Bonchev–Trinajstić information content (AvgIpc) is 3.17. The first-order valence-corrected chi connectivity index (χ1v) is 6.79. The zero-order valence-electron chi connectivity index (χ0n) is 10.2. The van der Waals surface area contributed by atoms with E-state index in [-0.39, 0.29) is 5.69 Å². The minimum absolute atomic E-state index is 0.0729. The first-order chi connectivity index (χ1) is 9.63. The highest BCUT2D eigenvalue weighted by Crippen LogP contribution is 2.39. The van der Waals surface area contributed by atoms with Crippen LogP contribution in [0, 0.1) is 10.1 Å². The fourth-order valence-electron chi connectivity index (χ4n) is 1.65. The summed E-state index contributed by atoms with van der Waals surface area (Å²) in [5.41, 5.74) is -0.0729. The highest BCUT2D eigenvalue weighted by atomic mass is 79.9. The predicted octanol–water partition coefficient (Wildman–Crippen LogP) is 2.62. The van der Waals surface area contributed by atoms with Crippen molar-refractivity contribution in [3.63, 3.8) is 0 Å². The van der Waals surface area contributed by atoms with Crippen LogP contribution in [0.1, 0.15) is 30.5 Å². The minimum Gasteiger partial charge on any atom is -0.423 e. The summed E-state index contributed by atoms with van der Waals surface area (Å²) in [6.07, 6.45) is 3.39. The minimum atomic E-state index is -0.499. The van der Waals surface area contributed by atoms with E-state index in [0.717, 1.165) is 12.8 Å². The number of anilines is 1. The highest BCUT2D eigenvalue weighted by Gasteiger charge is 2.29. The molecule has 20 heavy (non-hydrogen) atoms. The molecule has 1 aliphatic rings. The first kappa shape index (κ1) is 13.0. The van der Waals surface area contributed by atoms with Crippen LogP contribution in [0.25, 0.3) is 0 Å². The zero-order chi connectivity index (χ0) is 14.1. The van der Waals surface area contributed by atoms with Crippen LogP contribution >= 0.6 is 15.9 Å². The van der Waals surface area contributed by atoms with E-state index in [9.17, 15) is 10.1 Å². The number of hydrogen-bond donors (Lipinski definition) is 1. The van der Waals surface area contributed by atoms with E-state index >= 15 is 0 Å². The van der Waals surface area contributed by atoms with Gasteiger partial charge in [-0.15, -0.1) is 10.2 Å². The Morgan fingerprint density at radius 3 is 2.95 bits per heavy atom. The summed E-state index contributed by atoms with van der Waals surface area (Å²) in [6, 6.07) is 1.39. The third-order valence-corrected chi connectivity index (χ3v) is 3.46. The molecule has 0 saturated heterocycles. The maximum atomic E-state index is 10.6. The Kier molecular flexibility index (Phi) is 3.35. The standard InChI is InChI=1S/C11H10BrN5O3/c12-8-3-7(17(18)19)4-13-10(8)14-5-9-15-16-11(20-9)6-1-2-6/h3-4,6H,1-2,5H2,(H,13,14). The third-order valence-electron chi connectivity index (χ3n) is 2.85. The molecular weight excluding hydrogens is 330 g/mol. The van der Waals surface area contributed by atoms with E-state index < -0.39 is 4.92 Å². The van der Waals surface area contributed by atoms with Gasteiger partial charge in [-0.25, -0.2) is 4.98 Å². The second-order valence-corrected chi connectivity index (χ2v) is 5.30. The van der Waals surface area contributed by atoms with Crippen molar-refractivity contribution in [3.05, 3.63) is 38.6 Å². The van der Waals surface area contributed by atoms with Crippen LogP contribution in [-0.4, -0.2) is 20.1 Å². The number of rotatable bonds is 5. The van der Waals surface area contributed by atoms with Crippen molar-refractivity contribution in [3.8, 4) is 0 Å². The lowest BCUT2D eigenvalue weighted by atomic mass is 10.4. The van der Waals surface area contributed by atoms with Gasteiger partial charge in [0.2, 0.25) is 11.8 Å². The molecule has 9 heteroatoms. The van der Waals surface area contributed by atoms with Crippen LogP contribution in [0.4, 0.5) is 11.5 Å². The summed E-state index contributed by atoms with van der Waals surface area (Å²) in [6.45, 7) is 0.323. The summed E-state index contributed by atoms with van der Waals surface area (Å²) in [5, 5.41) is 21.5. The molecule has 0 aliphatic heterocycles. The number of nitrogens with zero attached hydrogens (tertiary/aromatic N) is 4. The van der Waals surface area contributed by atoms with Gasteiger partial charge in [-0.2, -0.15) is 0 Å². The molecule has 1 N–H and O–H groups in total. The topological polar surface area (TPSA) is 107 Å². The van der Waals surface area contributed by atoms with Crippen molar-refractivity contribution < 1.29 is 9.34 Å². The monoisotopic (exact) mass is 339 g/mol. The molecule has 2 aromatic rings. The Labute approximate surface area is 121 Å². The number of hydrogen-bond acceptors (Lipinski definition) is 7. The fraction of sp³-hybridized carbons (Fsp3) is 0.364. The Hall–Kier alpha value is -2.03. The summed E-state index contributed by atoms with van der Waals surface area (Å²) in [7, 11) is 0. The van der Waals surface area contributed by atoms with Crippen LogP contribution in [-0.2, 0) is 6.54 Å². The van der Waals surface area contributed by atoms with E-state index in [1.54, 1.807) is 0 Å². The Morgan fingerprint density at radius 1 is 1.50 bits per heavy atom. The molecule has 1 saturated carbocycles. The highest BCUT2D eigenvalue weighted by molar-refractivity contribution is 9.10. The number of aromatic nitrogens is 3. The van der Waals surface area contributed by atoms with Crippen LogP contribution in [0.15, 0.2) is 21.2 Å². The molecule has 0 bridgehead atoms. The van der Waals surface area contributed by atoms with Gasteiger partial charge < -0.3 is 9.73 Å². The van der Waals surface area contributed by atoms with Crippen molar-refractivity contribution in [2.45, 2.75) is 25.3 Å². The molecule has 1 fully saturated rings. The van der Waals surface area contributed by atoms with Crippen molar-refractivity contribution in [2.24, 2.45) is 0 Å². The molecule has 104 valence electrons. The van der Waals surface area contributed by atoms with E-state index in [1.165, 1.54) is 12.3 Å². The molecule has 0 radical (unpaired) electrons. The average molecular weight is 340 g/mol. The Morgan fingerprint density at radius 2 is 2.30 bits per heavy atom. The normalized spacial score (nSPS) is 14.2. The lowest BCUT2D eigenvalue weighted by Gasteiger charge is -2.04. The SMILES string of the molecule is O=[N+]([O-])c1cnc(NCc2nnc(C3CC3)o2)c(Br)c1. The van der Waals surface area contributed by atoms with Crippen LogP contribution in [0.5, 0.6) is 0 Å². The quantitative estimate of drug-likeness (QED) is 0.658. The smallest absolute Gasteiger partial charge is 0.288 e. The van der Waals surface area contributed by atoms with E-state index in [2.05, 4.69) is 36.4 Å². The van der Waals surface area contributed by atoms with Crippen LogP contribution < -0.4 is 5.32 Å². The lowest BCUT2D eigenvalue weighted by Crippen LogP contribution is -2.03. The van der Waals surface area contributed by atoms with E-state index in [1.807, 2.05) is 0 Å². The van der Waals surface area contributed by atoms with Crippen molar-refractivity contribution in [1.29, 1.82) is 0 Å². The lowest BCUT2D eigenvalue weighted by molar-refractivity contribution is -0.385. The van der Waals surface area contributed by atoms with Gasteiger partial charge >= 0.3 is 0 Å². The molecule has 0 amide bonds. The van der Waals surface area contributed by atoms with Gasteiger partial charge in [0, 0.05) is 12.0 Å². The molecule has 3 rings (SSSR count). The summed E-state index contributed by atoms with van der Waals surface area (Å²) in [5.74, 6) is 2.05. The Balaban J connectivity index is 1.66. The van der Waals surface area contributed by atoms with Gasteiger partial charge in [-0.05, 0) is 28.8 Å². The third kappa shape index (κ3) is 2.77. The van der Waals surface area contributed by atoms with Gasteiger partial charge in [-0.3, -0.25) is 10.1 Å². The zero-order valence-corrected chi connectivity index (χ0v) is 11.8. The molecule has 0 unspecified atom stereocenters. The first-order valence-electron chi connectivity index (χ1n) is 5.99. The number of nitro groups is 1. The van der Waals surface area contributed by atoms with E-state index in [4.69, 9.17) is 4.42 Å². The van der Waals surface area contributed by atoms with Crippen molar-refractivity contribution in [1.82, 2.24) is 15.2 Å². The van der Waals surface area contributed by atoms with Gasteiger partial charge in [0.1, 0.15) is 12.0 Å². The van der Waals surface area contributed by atoms with Crippen molar-refractivity contribution >= 4 is 27.4 Å². The van der Waals surface area contributed by atoms with Gasteiger partial charge in [0.05, 0.1) is 15.9 Å². The van der Waals surface area contributed by atoms with Crippen LogP contribution in [0.3, 0.4) is 0 Å². The second-order valence-electron chi connectivity index (χ2n) is 4.44.